The van der Waals surface area contributed by atoms with E-state index >= 15 is 0 Å². The number of benzene rings is 1. The van der Waals surface area contributed by atoms with E-state index in [-0.39, 0.29) is 11.7 Å². The zero-order chi connectivity index (χ0) is 15.5. The van der Waals surface area contributed by atoms with Gasteiger partial charge in [-0.3, -0.25) is 4.79 Å². The fourth-order valence-electron chi connectivity index (χ4n) is 1.68. The van der Waals surface area contributed by atoms with Gasteiger partial charge in [-0.05, 0) is 39.3 Å². The predicted molar refractivity (Wildman–Crippen MR) is 81.0 cm³/mol. The van der Waals surface area contributed by atoms with Crippen LogP contribution in [-0.2, 0) is 9.53 Å². The van der Waals surface area contributed by atoms with Gasteiger partial charge in [-0.15, -0.1) is 10.2 Å². The number of hydrogen-bond acceptors (Lipinski definition) is 6. The Bertz CT molecular complexity index is 632. The number of esters is 1. The molecular weight excluding hydrogens is 288 g/mol. The van der Waals surface area contributed by atoms with Crippen molar-refractivity contribution < 1.29 is 13.9 Å². The van der Waals surface area contributed by atoms with Gasteiger partial charge in [-0.25, -0.2) is 0 Å². The Labute approximate surface area is 128 Å². The van der Waals surface area contributed by atoms with Crippen molar-refractivity contribution in [2.24, 2.45) is 0 Å². The van der Waals surface area contributed by atoms with Crippen molar-refractivity contribution in [2.45, 2.75) is 38.5 Å². The smallest absolute Gasteiger partial charge is 0.316 e. The van der Waals surface area contributed by atoms with Gasteiger partial charge in [0.2, 0.25) is 5.89 Å². The van der Waals surface area contributed by atoms with Gasteiger partial charge in [0.1, 0.15) is 11.4 Å². The maximum atomic E-state index is 11.6. The Hall–Kier alpha value is -1.82. The predicted octanol–water partition coefficient (Wildman–Crippen LogP) is 3.48. The highest BCUT2D eigenvalue weighted by Gasteiger charge is 2.18. The van der Waals surface area contributed by atoms with E-state index in [1.807, 2.05) is 52.0 Å². The first-order chi connectivity index (χ1) is 9.85. The molecule has 6 heteroatoms. The van der Waals surface area contributed by atoms with Crippen molar-refractivity contribution in [1.29, 1.82) is 0 Å². The summed E-state index contributed by atoms with van der Waals surface area (Å²) in [5.41, 5.74) is 1.47. The SMILES string of the molecule is Cc1ccccc1-c1nnc(SCC(=O)OC(C)(C)C)o1. The topological polar surface area (TPSA) is 65.2 Å². The minimum absolute atomic E-state index is 0.146. The van der Waals surface area contributed by atoms with E-state index in [9.17, 15) is 4.79 Å². The first-order valence-electron chi connectivity index (χ1n) is 6.59. The molecule has 0 bridgehead atoms. The molecular formula is C15H18N2O3S. The lowest BCUT2D eigenvalue weighted by Crippen LogP contribution is -2.24. The standard InChI is InChI=1S/C15H18N2O3S/c1-10-7-5-6-8-11(10)13-16-17-14(19-13)21-9-12(18)20-15(2,3)4/h5-8H,9H2,1-4H3. The summed E-state index contributed by atoms with van der Waals surface area (Å²) in [6.45, 7) is 7.47. The van der Waals surface area contributed by atoms with Crippen molar-refractivity contribution in [3.8, 4) is 11.5 Å². The van der Waals surface area contributed by atoms with Crippen LogP contribution in [-0.4, -0.2) is 27.5 Å². The van der Waals surface area contributed by atoms with E-state index in [2.05, 4.69) is 10.2 Å². The summed E-state index contributed by atoms with van der Waals surface area (Å²) < 4.78 is 10.8. The molecule has 0 aliphatic rings. The number of rotatable bonds is 4. The molecule has 0 radical (unpaired) electrons. The number of thioether (sulfide) groups is 1. The summed E-state index contributed by atoms with van der Waals surface area (Å²) in [7, 11) is 0. The van der Waals surface area contributed by atoms with Crippen LogP contribution in [0.5, 0.6) is 0 Å². The summed E-state index contributed by atoms with van der Waals surface area (Å²) in [5, 5.41) is 8.31. The van der Waals surface area contributed by atoms with E-state index < -0.39 is 5.60 Å². The maximum absolute atomic E-state index is 11.6. The quantitative estimate of drug-likeness (QED) is 0.636. The number of carbonyl (C=O) groups is 1. The molecule has 0 saturated heterocycles. The highest BCUT2D eigenvalue weighted by Crippen LogP contribution is 2.25. The second-order valence-electron chi connectivity index (χ2n) is 5.56. The normalized spacial score (nSPS) is 11.4. The van der Waals surface area contributed by atoms with Crippen LogP contribution in [0.25, 0.3) is 11.5 Å². The van der Waals surface area contributed by atoms with Gasteiger partial charge in [0.15, 0.2) is 0 Å². The van der Waals surface area contributed by atoms with E-state index in [4.69, 9.17) is 9.15 Å². The molecule has 1 aromatic heterocycles. The lowest BCUT2D eigenvalue weighted by atomic mass is 10.1. The van der Waals surface area contributed by atoms with Crippen LogP contribution in [0.1, 0.15) is 26.3 Å². The van der Waals surface area contributed by atoms with Crippen LogP contribution in [0, 0.1) is 6.92 Å². The van der Waals surface area contributed by atoms with Crippen LogP contribution < -0.4 is 0 Å². The van der Waals surface area contributed by atoms with E-state index in [1.165, 1.54) is 11.8 Å². The molecule has 112 valence electrons. The van der Waals surface area contributed by atoms with Crippen LogP contribution in [0.15, 0.2) is 33.9 Å². The van der Waals surface area contributed by atoms with Crippen molar-refractivity contribution in [3.05, 3.63) is 29.8 Å². The maximum Gasteiger partial charge on any atom is 0.316 e. The zero-order valence-electron chi connectivity index (χ0n) is 12.5. The summed E-state index contributed by atoms with van der Waals surface area (Å²) in [4.78, 5) is 11.6. The van der Waals surface area contributed by atoms with Crippen LogP contribution in [0.4, 0.5) is 0 Å². The third-order valence-electron chi connectivity index (χ3n) is 2.52. The summed E-state index contributed by atoms with van der Waals surface area (Å²) in [6.07, 6.45) is 0. The number of aryl methyl sites for hydroxylation is 1. The van der Waals surface area contributed by atoms with E-state index in [0.29, 0.717) is 11.1 Å². The van der Waals surface area contributed by atoms with Crippen LogP contribution >= 0.6 is 11.8 Å². The molecule has 5 nitrogen and oxygen atoms in total. The van der Waals surface area contributed by atoms with Crippen LogP contribution in [0.2, 0.25) is 0 Å². The first kappa shape index (κ1) is 15.6. The van der Waals surface area contributed by atoms with Gasteiger partial charge in [-0.2, -0.15) is 0 Å². The van der Waals surface area contributed by atoms with Gasteiger partial charge >= 0.3 is 5.97 Å². The lowest BCUT2D eigenvalue weighted by Gasteiger charge is -2.18. The molecule has 0 aliphatic heterocycles. The molecule has 0 N–H and O–H groups in total. The van der Waals surface area contributed by atoms with Crippen LogP contribution in [0.3, 0.4) is 0 Å². The van der Waals surface area contributed by atoms with Crippen molar-refractivity contribution >= 4 is 17.7 Å². The Balaban J connectivity index is 1.98. The Morgan fingerprint density at radius 3 is 2.67 bits per heavy atom. The molecule has 0 saturated carbocycles. The third kappa shape index (κ3) is 4.60. The van der Waals surface area contributed by atoms with Gasteiger partial charge in [0.05, 0.1) is 0 Å². The Morgan fingerprint density at radius 1 is 1.29 bits per heavy atom. The highest BCUT2D eigenvalue weighted by atomic mass is 32.2. The number of ether oxygens (including phenoxy) is 1. The second-order valence-corrected chi connectivity index (χ2v) is 6.49. The molecule has 2 aromatic rings. The summed E-state index contributed by atoms with van der Waals surface area (Å²) >= 11 is 1.18. The van der Waals surface area contributed by atoms with E-state index in [1.54, 1.807) is 0 Å². The number of aromatic nitrogens is 2. The third-order valence-corrected chi connectivity index (χ3v) is 3.31. The van der Waals surface area contributed by atoms with Gasteiger partial charge in [0, 0.05) is 5.56 Å². The Morgan fingerprint density at radius 2 is 2.00 bits per heavy atom. The molecule has 2 rings (SSSR count). The number of hydrogen-bond donors (Lipinski definition) is 0. The lowest BCUT2D eigenvalue weighted by molar-refractivity contribution is -0.151. The molecule has 0 amide bonds. The molecule has 1 aromatic carbocycles. The fourth-order valence-corrected chi connectivity index (χ4v) is 2.22. The molecule has 21 heavy (non-hydrogen) atoms. The molecule has 0 atom stereocenters. The van der Waals surface area contributed by atoms with Gasteiger partial charge in [0.25, 0.3) is 5.22 Å². The molecule has 1 heterocycles. The number of carbonyl (C=O) groups excluding carboxylic acids is 1. The first-order valence-corrected chi connectivity index (χ1v) is 7.58. The van der Waals surface area contributed by atoms with E-state index in [0.717, 1.165) is 11.1 Å². The van der Waals surface area contributed by atoms with Crippen molar-refractivity contribution in [2.75, 3.05) is 5.75 Å². The molecule has 0 fully saturated rings. The monoisotopic (exact) mass is 306 g/mol. The largest absolute Gasteiger partial charge is 0.459 e. The fraction of sp³-hybridized carbons (Fsp3) is 0.400. The molecule has 0 aliphatic carbocycles. The summed E-state index contributed by atoms with van der Waals surface area (Å²) in [6, 6.07) is 7.77. The van der Waals surface area contributed by atoms with Crippen molar-refractivity contribution in [1.82, 2.24) is 10.2 Å². The highest BCUT2D eigenvalue weighted by molar-refractivity contribution is 7.99. The molecule has 0 spiro atoms. The van der Waals surface area contributed by atoms with Gasteiger partial charge in [-0.1, -0.05) is 30.0 Å². The average Bonchev–Trinajstić information content (AvgIpc) is 2.83. The number of nitrogens with zero attached hydrogens (tertiary/aromatic N) is 2. The molecule has 0 unspecified atom stereocenters. The zero-order valence-corrected chi connectivity index (χ0v) is 13.4. The minimum atomic E-state index is -0.487. The Kier molecular flexibility index (Phi) is 4.67. The minimum Gasteiger partial charge on any atom is -0.459 e. The summed E-state index contributed by atoms with van der Waals surface area (Å²) in [5.74, 6) is 0.301. The average molecular weight is 306 g/mol. The van der Waals surface area contributed by atoms with Crippen molar-refractivity contribution in [3.63, 3.8) is 0 Å². The van der Waals surface area contributed by atoms with Gasteiger partial charge < -0.3 is 9.15 Å². The second kappa shape index (κ2) is 6.30.